The zero-order chi connectivity index (χ0) is 23.5. The SMILES string of the molecule is CCOC(=O)COc1c(Cl)cc(/C=N\NC(=O)CSc2nc(C)cc(C)n2)cc1OCC. The third-order valence-electron chi connectivity index (χ3n) is 3.67. The Morgan fingerprint density at radius 2 is 1.84 bits per heavy atom. The Bertz CT molecular complexity index is 967. The fourth-order valence-corrected chi connectivity index (χ4v) is 3.51. The Labute approximate surface area is 195 Å². The molecule has 1 heterocycles. The van der Waals surface area contributed by atoms with Gasteiger partial charge in [-0.25, -0.2) is 20.2 Å². The zero-order valence-corrected chi connectivity index (χ0v) is 19.9. The second-order valence-corrected chi connectivity index (χ2v) is 7.72. The number of nitrogens with zero attached hydrogens (tertiary/aromatic N) is 3. The first-order chi connectivity index (χ1) is 15.3. The number of aromatic nitrogens is 2. The third-order valence-corrected chi connectivity index (χ3v) is 4.80. The van der Waals surface area contributed by atoms with Gasteiger partial charge in [-0.15, -0.1) is 0 Å². The third kappa shape index (κ3) is 8.35. The van der Waals surface area contributed by atoms with Gasteiger partial charge in [-0.1, -0.05) is 23.4 Å². The normalized spacial score (nSPS) is 10.8. The first kappa shape index (κ1) is 25.4. The maximum absolute atomic E-state index is 12.1. The lowest BCUT2D eigenvalue weighted by atomic mass is 10.2. The summed E-state index contributed by atoms with van der Waals surface area (Å²) in [4.78, 5) is 32.2. The van der Waals surface area contributed by atoms with Gasteiger partial charge in [-0.3, -0.25) is 4.79 Å². The number of aryl methyl sites for hydroxylation is 2. The molecule has 0 saturated carbocycles. The van der Waals surface area contributed by atoms with Crippen molar-refractivity contribution in [3.8, 4) is 11.5 Å². The highest BCUT2D eigenvalue weighted by Gasteiger charge is 2.14. The second kappa shape index (κ2) is 12.9. The number of benzene rings is 1. The fraction of sp³-hybridized carbons (Fsp3) is 0.381. The molecule has 2 aromatic rings. The predicted molar refractivity (Wildman–Crippen MR) is 123 cm³/mol. The molecule has 0 unspecified atom stereocenters. The maximum atomic E-state index is 12.1. The van der Waals surface area contributed by atoms with Crippen LogP contribution >= 0.6 is 23.4 Å². The number of esters is 1. The quantitative estimate of drug-likeness (QED) is 0.171. The van der Waals surface area contributed by atoms with E-state index >= 15 is 0 Å². The maximum Gasteiger partial charge on any atom is 0.344 e. The number of thioether (sulfide) groups is 1. The largest absolute Gasteiger partial charge is 0.490 e. The van der Waals surface area contributed by atoms with Crippen LogP contribution in [0.1, 0.15) is 30.8 Å². The number of ether oxygens (including phenoxy) is 3. The molecular weight excluding hydrogens is 456 g/mol. The summed E-state index contributed by atoms with van der Waals surface area (Å²) in [6.45, 7) is 7.59. The summed E-state index contributed by atoms with van der Waals surface area (Å²) in [5.41, 5.74) is 4.71. The minimum absolute atomic E-state index is 0.117. The van der Waals surface area contributed by atoms with Crippen molar-refractivity contribution in [2.45, 2.75) is 32.9 Å². The van der Waals surface area contributed by atoms with Crippen molar-refractivity contribution in [3.63, 3.8) is 0 Å². The Morgan fingerprint density at radius 3 is 2.50 bits per heavy atom. The van der Waals surface area contributed by atoms with Crippen LogP contribution in [0.3, 0.4) is 0 Å². The highest BCUT2D eigenvalue weighted by atomic mass is 35.5. The summed E-state index contributed by atoms with van der Waals surface area (Å²) >= 11 is 7.52. The number of halogens is 1. The van der Waals surface area contributed by atoms with E-state index in [1.165, 1.54) is 18.0 Å². The van der Waals surface area contributed by atoms with Gasteiger partial charge in [-0.05, 0) is 51.5 Å². The monoisotopic (exact) mass is 480 g/mol. The van der Waals surface area contributed by atoms with Gasteiger partial charge >= 0.3 is 5.97 Å². The Morgan fingerprint density at radius 1 is 1.12 bits per heavy atom. The molecule has 0 atom stereocenters. The van der Waals surface area contributed by atoms with Crippen molar-refractivity contribution in [3.05, 3.63) is 40.2 Å². The highest BCUT2D eigenvalue weighted by molar-refractivity contribution is 7.99. The number of hydrogen-bond donors (Lipinski definition) is 1. The fourth-order valence-electron chi connectivity index (χ4n) is 2.50. The Hall–Kier alpha value is -2.85. The van der Waals surface area contributed by atoms with Crippen molar-refractivity contribution >= 4 is 41.5 Å². The minimum Gasteiger partial charge on any atom is -0.490 e. The van der Waals surface area contributed by atoms with E-state index in [0.29, 0.717) is 23.1 Å². The molecule has 0 bridgehead atoms. The molecule has 0 aliphatic carbocycles. The van der Waals surface area contributed by atoms with Gasteiger partial charge in [-0.2, -0.15) is 5.10 Å². The van der Waals surface area contributed by atoms with Crippen molar-refractivity contribution in [2.75, 3.05) is 25.6 Å². The molecule has 1 aromatic carbocycles. The van der Waals surface area contributed by atoms with Crippen LogP contribution in [0.15, 0.2) is 28.5 Å². The van der Waals surface area contributed by atoms with Crippen LogP contribution in [-0.4, -0.2) is 53.6 Å². The molecule has 1 amide bonds. The molecule has 0 aliphatic rings. The molecule has 0 radical (unpaired) electrons. The van der Waals surface area contributed by atoms with Crippen molar-refractivity contribution in [1.29, 1.82) is 0 Å². The molecule has 0 fully saturated rings. The smallest absolute Gasteiger partial charge is 0.344 e. The van der Waals surface area contributed by atoms with Crippen LogP contribution in [-0.2, 0) is 14.3 Å². The average Bonchev–Trinajstić information content (AvgIpc) is 2.71. The first-order valence-corrected chi connectivity index (χ1v) is 11.2. The van der Waals surface area contributed by atoms with Gasteiger partial charge in [0.15, 0.2) is 23.3 Å². The van der Waals surface area contributed by atoms with Crippen molar-refractivity contribution in [1.82, 2.24) is 15.4 Å². The molecule has 0 saturated heterocycles. The molecule has 11 heteroatoms. The lowest BCUT2D eigenvalue weighted by molar-refractivity contribution is -0.145. The van der Waals surface area contributed by atoms with Crippen LogP contribution in [0.2, 0.25) is 5.02 Å². The summed E-state index contributed by atoms with van der Waals surface area (Å²) in [5.74, 6) is -0.124. The second-order valence-electron chi connectivity index (χ2n) is 6.37. The van der Waals surface area contributed by atoms with Crippen LogP contribution < -0.4 is 14.9 Å². The molecule has 1 N–H and O–H groups in total. The van der Waals surface area contributed by atoms with Gasteiger partial charge in [0.05, 0.1) is 30.2 Å². The van der Waals surface area contributed by atoms with Gasteiger partial charge in [0.25, 0.3) is 5.91 Å². The molecule has 1 aromatic heterocycles. The molecule has 32 heavy (non-hydrogen) atoms. The Kier molecular flexibility index (Phi) is 10.2. The van der Waals surface area contributed by atoms with Crippen LogP contribution in [0.4, 0.5) is 0 Å². The number of hydrogen-bond acceptors (Lipinski definition) is 9. The topological polar surface area (TPSA) is 112 Å². The molecular formula is C21H25ClN4O5S. The number of nitrogens with one attached hydrogen (secondary N) is 1. The van der Waals surface area contributed by atoms with Crippen molar-refractivity contribution < 1.29 is 23.8 Å². The van der Waals surface area contributed by atoms with Gasteiger partial charge in [0.1, 0.15) is 0 Å². The number of carbonyl (C=O) groups is 2. The van der Waals surface area contributed by atoms with Gasteiger partial charge in [0.2, 0.25) is 0 Å². The number of amides is 1. The van der Waals surface area contributed by atoms with E-state index < -0.39 is 5.97 Å². The van der Waals surface area contributed by atoms with E-state index in [2.05, 4.69) is 20.5 Å². The van der Waals surface area contributed by atoms with Gasteiger partial charge in [0, 0.05) is 11.4 Å². The lowest BCUT2D eigenvalue weighted by Crippen LogP contribution is -2.19. The summed E-state index contributed by atoms with van der Waals surface area (Å²) in [7, 11) is 0. The number of carbonyl (C=O) groups excluding carboxylic acids is 2. The van der Waals surface area contributed by atoms with E-state index in [0.717, 1.165) is 11.4 Å². The van der Waals surface area contributed by atoms with E-state index in [1.807, 2.05) is 19.9 Å². The number of hydrazone groups is 1. The Balaban J connectivity index is 1.98. The lowest BCUT2D eigenvalue weighted by Gasteiger charge is -2.14. The van der Waals surface area contributed by atoms with E-state index in [9.17, 15) is 9.59 Å². The molecule has 0 aliphatic heterocycles. The predicted octanol–water partition coefficient (Wildman–Crippen LogP) is 3.33. The summed E-state index contributed by atoms with van der Waals surface area (Å²) in [6, 6.07) is 5.09. The van der Waals surface area contributed by atoms with E-state index in [1.54, 1.807) is 26.0 Å². The van der Waals surface area contributed by atoms with Gasteiger partial charge < -0.3 is 14.2 Å². The highest BCUT2D eigenvalue weighted by Crippen LogP contribution is 2.36. The zero-order valence-electron chi connectivity index (χ0n) is 18.3. The molecule has 0 spiro atoms. The van der Waals surface area contributed by atoms with Crippen LogP contribution in [0, 0.1) is 13.8 Å². The van der Waals surface area contributed by atoms with E-state index in [4.69, 9.17) is 25.8 Å². The first-order valence-electron chi connectivity index (χ1n) is 9.84. The summed E-state index contributed by atoms with van der Waals surface area (Å²) < 4.78 is 15.9. The molecule has 2 rings (SSSR count). The van der Waals surface area contributed by atoms with Crippen LogP contribution in [0.5, 0.6) is 11.5 Å². The van der Waals surface area contributed by atoms with Crippen LogP contribution in [0.25, 0.3) is 0 Å². The van der Waals surface area contributed by atoms with E-state index in [-0.39, 0.29) is 35.6 Å². The summed E-state index contributed by atoms with van der Waals surface area (Å²) in [6.07, 6.45) is 1.43. The molecule has 9 nitrogen and oxygen atoms in total. The standard InChI is InChI=1S/C21H25ClN4O5S/c1-5-29-17-9-15(8-16(22)20(17)31-11-19(28)30-6-2)10-23-26-18(27)12-32-21-24-13(3)7-14(4)25-21/h7-10H,5-6,11-12H2,1-4H3,(H,26,27)/b23-10-. The number of rotatable bonds is 11. The average molecular weight is 481 g/mol. The molecule has 172 valence electrons. The summed E-state index contributed by atoms with van der Waals surface area (Å²) in [5, 5.41) is 4.72. The van der Waals surface area contributed by atoms with Crippen molar-refractivity contribution in [2.24, 2.45) is 5.10 Å². The minimum atomic E-state index is -0.511.